The van der Waals surface area contributed by atoms with Crippen molar-refractivity contribution in [3.8, 4) is 0 Å². The summed E-state index contributed by atoms with van der Waals surface area (Å²) in [5.74, 6) is 0.288. The Bertz CT molecular complexity index is 204. The maximum atomic E-state index is 7.15. The molecule has 0 aromatic carbocycles. The summed E-state index contributed by atoms with van der Waals surface area (Å²) in [4.78, 5) is 2.42. The zero-order valence-corrected chi connectivity index (χ0v) is 9.18. The van der Waals surface area contributed by atoms with Crippen molar-refractivity contribution in [2.75, 3.05) is 26.3 Å². The lowest BCUT2D eigenvalue weighted by molar-refractivity contribution is -0.0509. The summed E-state index contributed by atoms with van der Waals surface area (Å²) in [5.41, 5.74) is 5.45. The lowest BCUT2D eigenvalue weighted by atomic mass is 10.0. The van der Waals surface area contributed by atoms with Crippen molar-refractivity contribution in [3.63, 3.8) is 0 Å². The average molecular weight is 199 g/mol. The molecule has 1 aliphatic rings. The number of morpholine rings is 1. The van der Waals surface area contributed by atoms with Gasteiger partial charge in [-0.1, -0.05) is 0 Å². The van der Waals surface area contributed by atoms with Crippen LogP contribution in [0.5, 0.6) is 0 Å². The molecule has 82 valence electrons. The molecule has 0 aromatic heterocycles. The zero-order valence-electron chi connectivity index (χ0n) is 9.18. The van der Waals surface area contributed by atoms with E-state index in [4.69, 9.17) is 15.9 Å². The zero-order chi connectivity index (χ0) is 10.6. The minimum absolute atomic E-state index is 0.134. The summed E-state index contributed by atoms with van der Waals surface area (Å²) >= 11 is 0. The fourth-order valence-corrected chi connectivity index (χ4v) is 1.77. The highest BCUT2D eigenvalue weighted by molar-refractivity contribution is 5.76. The highest BCUT2D eigenvalue weighted by atomic mass is 16.5. The minimum Gasteiger partial charge on any atom is -0.388 e. The third-order valence-electron chi connectivity index (χ3n) is 2.69. The van der Waals surface area contributed by atoms with Gasteiger partial charge in [0.2, 0.25) is 0 Å². The molecular formula is C10H21N3O. The van der Waals surface area contributed by atoms with E-state index in [0.717, 1.165) is 32.7 Å². The molecule has 1 rings (SSSR count). The summed E-state index contributed by atoms with van der Waals surface area (Å²) in [7, 11) is 0. The van der Waals surface area contributed by atoms with E-state index in [9.17, 15) is 0 Å². The van der Waals surface area contributed by atoms with E-state index >= 15 is 0 Å². The molecular weight excluding hydrogens is 178 g/mol. The second-order valence-electron chi connectivity index (χ2n) is 4.48. The second-order valence-corrected chi connectivity index (χ2v) is 4.48. The number of nitrogens with one attached hydrogen (secondary N) is 1. The quantitative estimate of drug-likeness (QED) is 0.520. The number of amidine groups is 1. The van der Waals surface area contributed by atoms with Gasteiger partial charge in [-0.15, -0.1) is 0 Å². The normalized spacial score (nSPS) is 22.1. The van der Waals surface area contributed by atoms with Gasteiger partial charge in [-0.05, 0) is 26.8 Å². The summed E-state index contributed by atoms with van der Waals surface area (Å²) in [6.45, 7) is 8.01. The number of ether oxygens (including phenoxy) is 1. The standard InChI is InChI=1S/C10H21N3O/c1-10(2)8-14-7-6-13(10)5-3-4-9(11)12/h3-8H2,1-2H3,(H3,11,12). The molecule has 1 heterocycles. The summed E-state index contributed by atoms with van der Waals surface area (Å²) in [6, 6.07) is 0. The predicted octanol–water partition coefficient (Wildman–Crippen LogP) is 0.813. The van der Waals surface area contributed by atoms with E-state index < -0.39 is 0 Å². The highest BCUT2D eigenvalue weighted by Crippen LogP contribution is 2.19. The SMILES string of the molecule is CC1(C)COCCN1CCCC(=N)N. The third kappa shape index (κ3) is 3.27. The van der Waals surface area contributed by atoms with Gasteiger partial charge >= 0.3 is 0 Å². The molecule has 0 unspecified atom stereocenters. The van der Waals surface area contributed by atoms with Crippen LogP contribution >= 0.6 is 0 Å². The number of nitrogens with zero attached hydrogens (tertiary/aromatic N) is 1. The third-order valence-corrected chi connectivity index (χ3v) is 2.69. The molecule has 1 aliphatic heterocycles. The van der Waals surface area contributed by atoms with E-state index in [2.05, 4.69) is 18.7 Å². The predicted molar refractivity (Wildman–Crippen MR) is 57.6 cm³/mol. The van der Waals surface area contributed by atoms with Gasteiger partial charge in [0.25, 0.3) is 0 Å². The Morgan fingerprint density at radius 3 is 2.86 bits per heavy atom. The lowest BCUT2D eigenvalue weighted by Crippen LogP contribution is -2.53. The molecule has 1 fully saturated rings. The van der Waals surface area contributed by atoms with Crippen LogP contribution in [0.4, 0.5) is 0 Å². The molecule has 14 heavy (non-hydrogen) atoms. The van der Waals surface area contributed by atoms with Gasteiger partial charge in [-0.25, -0.2) is 0 Å². The van der Waals surface area contributed by atoms with Crippen molar-refractivity contribution in [1.29, 1.82) is 5.41 Å². The van der Waals surface area contributed by atoms with Crippen LogP contribution in [0.25, 0.3) is 0 Å². The first-order valence-electron chi connectivity index (χ1n) is 5.18. The molecule has 0 atom stereocenters. The van der Waals surface area contributed by atoms with E-state index in [1.807, 2.05) is 0 Å². The number of nitrogens with two attached hydrogens (primary N) is 1. The maximum Gasteiger partial charge on any atom is 0.0905 e. The average Bonchev–Trinajstić information content (AvgIpc) is 2.07. The van der Waals surface area contributed by atoms with Gasteiger partial charge in [-0.2, -0.15) is 0 Å². The molecule has 0 aromatic rings. The van der Waals surface area contributed by atoms with Gasteiger partial charge in [-0.3, -0.25) is 10.3 Å². The largest absolute Gasteiger partial charge is 0.388 e. The van der Waals surface area contributed by atoms with Gasteiger partial charge < -0.3 is 10.5 Å². The number of hydrogen-bond acceptors (Lipinski definition) is 3. The van der Waals surface area contributed by atoms with Crippen molar-refractivity contribution in [3.05, 3.63) is 0 Å². The van der Waals surface area contributed by atoms with Gasteiger partial charge in [0.05, 0.1) is 19.0 Å². The molecule has 4 nitrogen and oxygen atoms in total. The van der Waals surface area contributed by atoms with Crippen LogP contribution in [0.3, 0.4) is 0 Å². The van der Waals surface area contributed by atoms with Crippen molar-refractivity contribution in [2.45, 2.75) is 32.2 Å². The molecule has 0 amide bonds. The first-order valence-corrected chi connectivity index (χ1v) is 5.18. The van der Waals surface area contributed by atoms with Crippen LogP contribution in [-0.4, -0.2) is 42.6 Å². The molecule has 1 saturated heterocycles. The van der Waals surface area contributed by atoms with E-state index in [1.54, 1.807) is 0 Å². The van der Waals surface area contributed by atoms with Crippen LogP contribution in [0.2, 0.25) is 0 Å². The second kappa shape index (κ2) is 4.75. The molecule has 0 radical (unpaired) electrons. The van der Waals surface area contributed by atoms with Crippen molar-refractivity contribution in [2.24, 2.45) is 5.73 Å². The fraction of sp³-hybridized carbons (Fsp3) is 0.900. The molecule has 0 spiro atoms. The first kappa shape index (κ1) is 11.5. The van der Waals surface area contributed by atoms with Gasteiger partial charge in [0.1, 0.15) is 0 Å². The van der Waals surface area contributed by atoms with Crippen molar-refractivity contribution >= 4 is 5.84 Å². The molecule has 3 N–H and O–H groups in total. The summed E-state index contributed by atoms with van der Waals surface area (Å²) in [6.07, 6.45) is 1.67. The molecule has 0 aliphatic carbocycles. The lowest BCUT2D eigenvalue weighted by Gasteiger charge is -2.42. The van der Waals surface area contributed by atoms with Gasteiger partial charge in [0.15, 0.2) is 0 Å². The van der Waals surface area contributed by atoms with Crippen LogP contribution in [0.1, 0.15) is 26.7 Å². The maximum absolute atomic E-state index is 7.15. The monoisotopic (exact) mass is 199 g/mol. The molecule has 4 heteroatoms. The number of rotatable bonds is 4. The van der Waals surface area contributed by atoms with Crippen LogP contribution in [-0.2, 0) is 4.74 Å². The Morgan fingerprint density at radius 2 is 2.29 bits per heavy atom. The van der Waals surface area contributed by atoms with Gasteiger partial charge in [0, 0.05) is 18.5 Å². The first-order chi connectivity index (χ1) is 6.52. The summed E-state index contributed by atoms with van der Waals surface area (Å²) < 4.78 is 5.43. The number of hydrogen-bond donors (Lipinski definition) is 2. The Kier molecular flexibility index (Phi) is 3.89. The fourth-order valence-electron chi connectivity index (χ4n) is 1.77. The van der Waals surface area contributed by atoms with E-state index in [-0.39, 0.29) is 11.4 Å². The van der Waals surface area contributed by atoms with Crippen LogP contribution in [0, 0.1) is 5.41 Å². The Balaban J connectivity index is 2.31. The van der Waals surface area contributed by atoms with Crippen LogP contribution < -0.4 is 5.73 Å². The van der Waals surface area contributed by atoms with Crippen molar-refractivity contribution < 1.29 is 4.74 Å². The van der Waals surface area contributed by atoms with Crippen LogP contribution in [0.15, 0.2) is 0 Å². The summed E-state index contributed by atoms with van der Waals surface area (Å²) in [5, 5.41) is 7.15. The minimum atomic E-state index is 0.134. The van der Waals surface area contributed by atoms with Crippen molar-refractivity contribution in [1.82, 2.24) is 4.90 Å². The van der Waals surface area contributed by atoms with E-state index in [0.29, 0.717) is 6.42 Å². The smallest absolute Gasteiger partial charge is 0.0905 e. The topological polar surface area (TPSA) is 62.3 Å². The highest BCUT2D eigenvalue weighted by Gasteiger charge is 2.29. The Morgan fingerprint density at radius 1 is 1.57 bits per heavy atom. The molecule has 0 saturated carbocycles. The Hall–Kier alpha value is -0.610. The molecule has 0 bridgehead atoms. The Labute approximate surface area is 85.9 Å². The van der Waals surface area contributed by atoms with E-state index in [1.165, 1.54) is 0 Å².